The van der Waals surface area contributed by atoms with E-state index >= 15 is 0 Å². The topological polar surface area (TPSA) is 161 Å². The molecule has 0 spiro atoms. The van der Waals surface area contributed by atoms with Gasteiger partial charge in [-0.15, -0.1) is 0 Å². The molecule has 0 bridgehead atoms. The van der Waals surface area contributed by atoms with Crippen LogP contribution in [0.1, 0.15) is 47.1 Å². The van der Waals surface area contributed by atoms with Crippen LogP contribution in [0.5, 0.6) is 5.75 Å². The van der Waals surface area contributed by atoms with Crippen molar-refractivity contribution in [3.8, 4) is 5.75 Å². The third-order valence-electron chi connectivity index (χ3n) is 8.22. The van der Waals surface area contributed by atoms with Gasteiger partial charge in [0.15, 0.2) is 0 Å². The minimum Gasteiger partial charge on any atom is -0.543 e. The van der Waals surface area contributed by atoms with Crippen molar-refractivity contribution in [2.45, 2.75) is 75.8 Å². The summed E-state index contributed by atoms with van der Waals surface area (Å²) < 4.78 is 12.2. The fourth-order valence-corrected chi connectivity index (χ4v) is 6.03. The first-order valence-corrected chi connectivity index (χ1v) is 15.6. The van der Waals surface area contributed by atoms with Crippen molar-refractivity contribution in [2.24, 2.45) is 0 Å². The Hall–Kier alpha value is -2.80. The minimum absolute atomic E-state index is 0.0195. The molecule has 38 heavy (non-hydrogen) atoms. The molecule has 3 heterocycles. The van der Waals surface area contributed by atoms with Crippen molar-refractivity contribution in [1.29, 1.82) is 0 Å². The molecule has 2 aliphatic heterocycles. The van der Waals surface area contributed by atoms with Crippen molar-refractivity contribution in [3.05, 3.63) is 41.0 Å². The lowest BCUT2D eigenvalue weighted by Gasteiger charge is -2.40. The number of imide groups is 1. The van der Waals surface area contributed by atoms with Crippen LogP contribution < -0.4 is 9.74 Å². The molecule has 0 saturated carbocycles. The van der Waals surface area contributed by atoms with Crippen LogP contribution in [-0.4, -0.2) is 82.7 Å². The Balaban J connectivity index is 1.65. The smallest absolute Gasteiger partial charge is 0.259 e. The quantitative estimate of drug-likeness (QED) is 0.211. The average molecular weight is 543 g/mol. The summed E-state index contributed by atoms with van der Waals surface area (Å²) in [5.41, 5.74) is 2.37. The summed E-state index contributed by atoms with van der Waals surface area (Å²) in [7, 11) is -2.15. The van der Waals surface area contributed by atoms with Gasteiger partial charge in [0.1, 0.15) is 30.2 Å². The van der Waals surface area contributed by atoms with Crippen molar-refractivity contribution in [1.82, 2.24) is 10.3 Å². The maximum absolute atomic E-state index is 12.9. The van der Waals surface area contributed by atoms with E-state index < -0.39 is 57.3 Å². The van der Waals surface area contributed by atoms with E-state index in [9.17, 15) is 30.0 Å². The van der Waals surface area contributed by atoms with Gasteiger partial charge in [-0.25, -0.2) is 0 Å². The van der Waals surface area contributed by atoms with Gasteiger partial charge in [0.05, 0.1) is 29.4 Å². The van der Waals surface area contributed by atoms with Crippen LogP contribution in [0.2, 0.25) is 18.1 Å². The zero-order valence-electron chi connectivity index (χ0n) is 22.0. The monoisotopic (exact) mass is 542 g/mol. The number of H-pyrrole nitrogens is 1. The molecule has 2 aliphatic rings. The van der Waals surface area contributed by atoms with E-state index in [2.05, 4.69) is 44.2 Å². The molecule has 6 N–H and O–H groups in total. The van der Waals surface area contributed by atoms with Crippen LogP contribution in [0.4, 0.5) is 0 Å². The second-order valence-electron chi connectivity index (χ2n) is 11.8. The molecule has 204 valence electrons. The lowest BCUT2D eigenvalue weighted by molar-refractivity contribution is -0.228. The third kappa shape index (κ3) is 4.23. The van der Waals surface area contributed by atoms with Crippen molar-refractivity contribution in [2.75, 3.05) is 6.61 Å². The summed E-state index contributed by atoms with van der Waals surface area (Å²) in [6.07, 6.45) is -6.39. The van der Waals surface area contributed by atoms with Gasteiger partial charge in [-0.05, 0) is 48.0 Å². The van der Waals surface area contributed by atoms with Gasteiger partial charge in [0.25, 0.3) is 11.8 Å². The normalized spacial score (nSPS) is 26.2. The number of aromatic amines is 1. The number of carbonyl (C=O) groups excluding carboxylic acids is 2. The number of rotatable bonds is 5. The van der Waals surface area contributed by atoms with Crippen molar-refractivity contribution >= 4 is 41.9 Å². The summed E-state index contributed by atoms with van der Waals surface area (Å²) in [6.45, 7) is 10.2. The number of hydrogen-bond donors (Lipinski definition) is 6. The minimum atomic E-state index is -2.15. The van der Waals surface area contributed by atoms with Gasteiger partial charge >= 0.3 is 0 Å². The molecule has 2 amide bonds. The molecule has 0 radical (unpaired) electrons. The molecule has 3 aromatic rings. The van der Waals surface area contributed by atoms with Gasteiger partial charge in [-0.1, -0.05) is 20.8 Å². The predicted octanol–water partition coefficient (Wildman–Crippen LogP) is 1.97. The zero-order chi connectivity index (χ0) is 27.7. The number of aromatic nitrogens is 1. The summed E-state index contributed by atoms with van der Waals surface area (Å²) in [6, 6.07) is 7.21. The van der Waals surface area contributed by atoms with Crippen LogP contribution in [0.3, 0.4) is 0 Å². The first kappa shape index (κ1) is 26.8. The molecule has 1 aromatic heterocycles. The fourth-order valence-electron chi connectivity index (χ4n) is 5.01. The number of aliphatic hydroxyl groups excluding tert-OH is 4. The number of hydrogen-bond acceptors (Lipinski definition) is 8. The number of benzene rings is 2. The molecule has 1 fully saturated rings. The Morgan fingerprint density at radius 3 is 2.34 bits per heavy atom. The molecule has 5 rings (SSSR count). The summed E-state index contributed by atoms with van der Waals surface area (Å²) in [5.74, 6) is -0.348. The van der Waals surface area contributed by atoms with E-state index in [1.807, 2.05) is 18.2 Å². The second-order valence-corrected chi connectivity index (χ2v) is 16.5. The van der Waals surface area contributed by atoms with Crippen LogP contribution in [0, 0.1) is 0 Å². The fraction of sp³-hybridized carbons (Fsp3) is 0.481. The highest BCUT2D eigenvalue weighted by molar-refractivity contribution is 6.74. The maximum atomic E-state index is 12.9. The Kier molecular flexibility index (Phi) is 6.45. The third-order valence-corrected chi connectivity index (χ3v) is 12.6. The zero-order valence-corrected chi connectivity index (χ0v) is 23.0. The SMILES string of the molecule is CC(C)(C)[Si](C)(C)Oc1ccc2[nH]c3c(C[C@@H]4O[C@H](CO)[C@@H](O)[C@H](O)[C@H]4O)cc4c(c3c2c1)C(=O)NC4=O. The van der Waals surface area contributed by atoms with E-state index in [0.717, 1.165) is 5.52 Å². The Morgan fingerprint density at radius 1 is 1.00 bits per heavy atom. The molecule has 0 aliphatic carbocycles. The summed E-state index contributed by atoms with van der Waals surface area (Å²) >= 11 is 0. The van der Waals surface area contributed by atoms with E-state index in [4.69, 9.17) is 9.16 Å². The highest BCUT2D eigenvalue weighted by atomic mass is 28.4. The van der Waals surface area contributed by atoms with Gasteiger partial charge in [-0.2, -0.15) is 0 Å². The van der Waals surface area contributed by atoms with Crippen LogP contribution in [-0.2, 0) is 11.2 Å². The van der Waals surface area contributed by atoms with Crippen molar-refractivity contribution in [3.63, 3.8) is 0 Å². The number of fused-ring (bicyclic) bond motifs is 5. The average Bonchev–Trinajstić information content (AvgIpc) is 3.34. The van der Waals surface area contributed by atoms with E-state index in [-0.39, 0.29) is 22.6 Å². The van der Waals surface area contributed by atoms with Crippen molar-refractivity contribution < 1.29 is 39.2 Å². The first-order chi connectivity index (χ1) is 17.7. The van der Waals surface area contributed by atoms with Crippen LogP contribution >= 0.6 is 0 Å². The largest absolute Gasteiger partial charge is 0.543 e. The first-order valence-electron chi connectivity index (χ1n) is 12.7. The molecular weight excluding hydrogens is 508 g/mol. The number of carbonyl (C=O) groups is 2. The molecule has 0 unspecified atom stereocenters. The Labute approximate surface area is 220 Å². The second kappa shape index (κ2) is 9.14. The van der Waals surface area contributed by atoms with Gasteiger partial charge in [0.2, 0.25) is 8.32 Å². The number of amides is 2. The highest BCUT2D eigenvalue weighted by Gasteiger charge is 2.44. The maximum Gasteiger partial charge on any atom is 0.259 e. The lowest BCUT2D eigenvalue weighted by Crippen LogP contribution is -2.59. The molecule has 2 aromatic carbocycles. The molecular formula is C27H34N2O8Si. The highest BCUT2D eigenvalue weighted by Crippen LogP contribution is 2.41. The lowest BCUT2D eigenvalue weighted by atomic mass is 9.89. The standard InChI is InChI=1S/C27H34N2O8Si/c1-27(2,3)38(4,5)37-13-6-7-16-14(10-13)19-20-15(25(34)29-26(20)35)8-12(21(19)28-16)9-17-22(31)24(33)23(32)18(11-30)36-17/h6-8,10,17-18,22-24,28,30-33H,9,11H2,1-5H3,(H,29,34,35)/t17-,18+,22-,23+,24+/m0/s1. The Morgan fingerprint density at radius 2 is 1.68 bits per heavy atom. The molecule has 10 nitrogen and oxygen atoms in total. The van der Waals surface area contributed by atoms with Gasteiger partial charge < -0.3 is 34.6 Å². The van der Waals surface area contributed by atoms with E-state index in [0.29, 0.717) is 27.6 Å². The Bertz CT molecular complexity index is 1440. The molecule has 11 heteroatoms. The van der Waals surface area contributed by atoms with E-state index in [1.54, 1.807) is 6.07 Å². The predicted molar refractivity (Wildman–Crippen MR) is 143 cm³/mol. The van der Waals surface area contributed by atoms with Crippen LogP contribution in [0.25, 0.3) is 21.8 Å². The summed E-state index contributed by atoms with van der Waals surface area (Å²) in [4.78, 5) is 28.9. The molecule has 5 atom stereocenters. The van der Waals surface area contributed by atoms with Gasteiger partial charge in [0, 0.05) is 22.7 Å². The van der Waals surface area contributed by atoms with E-state index in [1.165, 1.54) is 0 Å². The number of nitrogens with one attached hydrogen (secondary N) is 2. The summed E-state index contributed by atoms with van der Waals surface area (Å²) in [5, 5.41) is 44.2. The molecule has 1 saturated heterocycles. The van der Waals surface area contributed by atoms with Gasteiger partial charge in [-0.3, -0.25) is 14.9 Å². The number of aliphatic hydroxyl groups is 4. The van der Waals surface area contributed by atoms with Crippen LogP contribution in [0.15, 0.2) is 24.3 Å². The number of ether oxygens (including phenoxy) is 1.